The summed E-state index contributed by atoms with van der Waals surface area (Å²) in [4.78, 5) is 47.5. The highest BCUT2D eigenvalue weighted by atomic mass is 16.6. The Morgan fingerprint density at radius 3 is 1.30 bits per heavy atom. The molecule has 4 amide bonds. The number of hydrogen-bond acceptors (Lipinski definition) is 7. The van der Waals surface area contributed by atoms with Crippen LogP contribution in [0.15, 0.2) is 0 Å². The van der Waals surface area contributed by atoms with Gasteiger partial charge in [0.05, 0.1) is 0 Å². The van der Waals surface area contributed by atoms with Gasteiger partial charge in [0, 0.05) is 19.1 Å². The van der Waals surface area contributed by atoms with E-state index in [1.54, 1.807) is 41.5 Å². The molecule has 0 spiro atoms. The van der Waals surface area contributed by atoms with E-state index in [9.17, 15) is 19.2 Å². The Labute approximate surface area is 178 Å². The van der Waals surface area contributed by atoms with Gasteiger partial charge in [-0.3, -0.25) is 9.59 Å². The lowest BCUT2D eigenvalue weighted by atomic mass is 10.2. The van der Waals surface area contributed by atoms with E-state index < -0.39 is 53.3 Å². The number of nitrogens with one attached hydrogen (secondary N) is 4. The minimum Gasteiger partial charge on any atom is -0.444 e. The van der Waals surface area contributed by atoms with Crippen LogP contribution in [0.4, 0.5) is 9.59 Å². The van der Waals surface area contributed by atoms with E-state index in [1.165, 1.54) is 13.8 Å². The van der Waals surface area contributed by atoms with Crippen molar-refractivity contribution >= 4 is 24.0 Å². The molecule has 11 nitrogen and oxygen atoms in total. The van der Waals surface area contributed by atoms with Gasteiger partial charge in [0.25, 0.3) is 0 Å². The Morgan fingerprint density at radius 2 is 1.03 bits per heavy atom. The van der Waals surface area contributed by atoms with Crippen molar-refractivity contribution in [1.82, 2.24) is 21.3 Å². The first-order chi connectivity index (χ1) is 13.5. The van der Waals surface area contributed by atoms with Crippen LogP contribution in [0.3, 0.4) is 0 Å². The summed E-state index contributed by atoms with van der Waals surface area (Å²) in [6.45, 7) is 13.5. The molecule has 6 N–H and O–H groups in total. The van der Waals surface area contributed by atoms with Gasteiger partial charge >= 0.3 is 12.2 Å². The largest absolute Gasteiger partial charge is 0.444 e. The summed E-state index contributed by atoms with van der Waals surface area (Å²) in [6, 6.07) is -2.21. The lowest BCUT2D eigenvalue weighted by molar-refractivity contribution is -0.122. The van der Waals surface area contributed by atoms with Crippen molar-refractivity contribution in [3.63, 3.8) is 0 Å². The number of rotatable bonds is 8. The van der Waals surface area contributed by atoms with Crippen molar-refractivity contribution in [2.75, 3.05) is 13.1 Å². The van der Waals surface area contributed by atoms with Crippen molar-refractivity contribution in [1.29, 1.82) is 0 Å². The first-order valence-electron chi connectivity index (χ1n) is 9.80. The zero-order valence-electron chi connectivity index (χ0n) is 19.2. The first-order valence-corrected chi connectivity index (χ1v) is 9.80. The maximum Gasteiger partial charge on any atom is 0.408 e. The van der Waals surface area contributed by atoms with Crippen LogP contribution in [0.1, 0.15) is 55.4 Å². The first kappa shape index (κ1) is 27.4. The van der Waals surface area contributed by atoms with E-state index >= 15 is 0 Å². The fourth-order valence-corrected chi connectivity index (χ4v) is 1.94. The second-order valence-corrected chi connectivity index (χ2v) is 8.99. The summed E-state index contributed by atoms with van der Waals surface area (Å²) in [5.41, 5.74) is 4.55. The molecule has 2 unspecified atom stereocenters. The number of carbonyl (C=O) groups excluding carboxylic acids is 4. The van der Waals surface area contributed by atoms with Crippen LogP contribution in [0.25, 0.3) is 0 Å². The molecule has 0 radical (unpaired) electrons. The van der Waals surface area contributed by atoms with Gasteiger partial charge in [-0.05, 0) is 55.4 Å². The topological polar surface area (TPSA) is 161 Å². The van der Waals surface area contributed by atoms with Crippen LogP contribution < -0.4 is 27.0 Å². The molecule has 30 heavy (non-hydrogen) atoms. The number of ether oxygens (including phenoxy) is 2. The average molecular weight is 432 g/mol. The van der Waals surface area contributed by atoms with E-state index in [1.807, 2.05) is 0 Å². The quantitative estimate of drug-likeness (QED) is 0.371. The molecular weight excluding hydrogens is 394 g/mol. The molecule has 0 aromatic carbocycles. The molecule has 0 aliphatic rings. The number of carbonyl (C=O) groups is 4. The van der Waals surface area contributed by atoms with Gasteiger partial charge < -0.3 is 36.5 Å². The molecule has 0 aliphatic heterocycles. The predicted octanol–water partition coefficient (Wildman–Crippen LogP) is 0.373. The van der Waals surface area contributed by atoms with E-state index in [0.717, 1.165) is 0 Å². The van der Waals surface area contributed by atoms with E-state index in [2.05, 4.69) is 21.3 Å². The molecule has 0 fully saturated rings. The maximum absolute atomic E-state index is 12.0. The molecule has 0 bridgehead atoms. The summed E-state index contributed by atoms with van der Waals surface area (Å²) in [6.07, 6.45) is -1.40. The Kier molecular flexibility index (Phi) is 10.6. The Bertz CT molecular complexity index is 560. The Morgan fingerprint density at radius 1 is 0.733 bits per heavy atom. The van der Waals surface area contributed by atoms with Crippen LogP contribution in [0.5, 0.6) is 0 Å². The molecule has 0 heterocycles. The van der Waals surface area contributed by atoms with Gasteiger partial charge in [-0.25, -0.2) is 9.59 Å². The van der Waals surface area contributed by atoms with Crippen LogP contribution in [-0.2, 0) is 19.1 Å². The van der Waals surface area contributed by atoms with Crippen LogP contribution >= 0.6 is 0 Å². The smallest absolute Gasteiger partial charge is 0.408 e. The number of hydrogen-bond donors (Lipinski definition) is 5. The predicted molar refractivity (Wildman–Crippen MR) is 112 cm³/mol. The van der Waals surface area contributed by atoms with E-state index in [4.69, 9.17) is 15.2 Å². The molecule has 11 heteroatoms. The summed E-state index contributed by atoms with van der Waals surface area (Å²) in [5.74, 6) is -0.884. The molecule has 0 saturated carbocycles. The highest BCUT2D eigenvalue weighted by Gasteiger charge is 2.23. The SMILES string of the molecule is CC(NC(=O)OC(C)(C)C)C(=O)NCC(N)CNC(=O)[C@H](C)NC(=O)OC(C)(C)C. The monoisotopic (exact) mass is 431 g/mol. The zero-order chi connectivity index (χ0) is 23.7. The summed E-state index contributed by atoms with van der Waals surface area (Å²) >= 11 is 0. The Hall–Kier alpha value is -2.56. The third-order valence-corrected chi connectivity index (χ3v) is 3.33. The van der Waals surface area contributed by atoms with Crippen LogP contribution in [0, 0.1) is 0 Å². The van der Waals surface area contributed by atoms with E-state index in [0.29, 0.717) is 0 Å². The lowest BCUT2D eigenvalue weighted by Gasteiger charge is -2.22. The summed E-state index contributed by atoms with van der Waals surface area (Å²) in [5, 5.41) is 10.0. The normalized spacial score (nSPS) is 14.6. The number of amides is 4. The minimum atomic E-state index is -0.820. The van der Waals surface area contributed by atoms with Crippen LogP contribution in [-0.4, -0.2) is 66.4 Å². The molecule has 174 valence electrons. The molecule has 0 aromatic rings. The number of nitrogens with two attached hydrogens (primary N) is 1. The fraction of sp³-hybridized carbons (Fsp3) is 0.789. The molecule has 0 saturated heterocycles. The maximum atomic E-state index is 12.0. The van der Waals surface area contributed by atoms with Crippen molar-refractivity contribution in [3.8, 4) is 0 Å². The molecule has 0 rings (SSSR count). The van der Waals surface area contributed by atoms with Crippen LogP contribution in [0.2, 0.25) is 0 Å². The second-order valence-electron chi connectivity index (χ2n) is 8.99. The Balaban J connectivity index is 4.25. The summed E-state index contributed by atoms with van der Waals surface area (Å²) in [7, 11) is 0. The fourth-order valence-electron chi connectivity index (χ4n) is 1.94. The van der Waals surface area contributed by atoms with Gasteiger partial charge in [-0.15, -0.1) is 0 Å². The second kappa shape index (κ2) is 11.6. The van der Waals surface area contributed by atoms with Gasteiger partial charge in [0.2, 0.25) is 11.8 Å². The van der Waals surface area contributed by atoms with Crippen molar-refractivity contribution in [2.45, 2.75) is 84.7 Å². The zero-order valence-corrected chi connectivity index (χ0v) is 19.2. The molecule has 0 aliphatic carbocycles. The number of alkyl carbamates (subject to hydrolysis) is 2. The standard InChI is InChI=1S/C19H37N5O6/c1-11(23-16(27)29-18(3,4)5)14(25)21-9-13(20)10-22-15(26)12(2)24-17(28)30-19(6,7)8/h11-13H,9-10,20H2,1-8H3,(H,21,25)(H,22,26)(H,23,27)(H,24,28)/t11-,12?,13?/m0/s1. The third-order valence-electron chi connectivity index (χ3n) is 3.33. The molecular formula is C19H37N5O6. The third kappa shape index (κ3) is 13.6. The van der Waals surface area contributed by atoms with Gasteiger partial charge in [-0.1, -0.05) is 0 Å². The van der Waals surface area contributed by atoms with Crippen molar-refractivity contribution < 1.29 is 28.7 Å². The van der Waals surface area contributed by atoms with Gasteiger partial charge in [-0.2, -0.15) is 0 Å². The minimum absolute atomic E-state index is 0.0767. The van der Waals surface area contributed by atoms with Gasteiger partial charge in [0.15, 0.2) is 0 Å². The van der Waals surface area contributed by atoms with Crippen molar-refractivity contribution in [3.05, 3.63) is 0 Å². The molecule has 3 atom stereocenters. The highest BCUT2D eigenvalue weighted by Crippen LogP contribution is 2.07. The average Bonchev–Trinajstić information content (AvgIpc) is 2.53. The highest BCUT2D eigenvalue weighted by molar-refractivity contribution is 5.86. The van der Waals surface area contributed by atoms with E-state index in [-0.39, 0.29) is 13.1 Å². The molecule has 0 aromatic heterocycles. The van der Waals surface area contributed by atoms with Gasteiger partial charge in [0.1, 0.15) is 23.3 Å². The lowest BCUT2D eigenvalue weighted by Crippen LogP contribution is -2.52. The van der Waals surface area contributed by atoms with Crippen molar-refractivity contribution in [2.24, 2.45) is 5.73 Å². The summed E-state index contributed by atoms with van der Waals surface area (Å²) < 4.78 is 10.2.